The monoisotopic (exact) mass is 593 g/mol. The van der Waals surface area contributed by atoms with Crippen molar-refractivity contribution in [3.05, 3.63) is 65.0 Å². The van der Waals surface area contributed by atoms with Gasteiger partial charge in [-0.3, -0.25) is 14.7 Å². The minimum atomic E-state index is -5.08. The molecule has 0 bridgehead atoms. The molecule has 15 heteroatoms. The van der Waals surface area contributed by atoms with Crippen LogP contribution >= 0.6 is 0 Å². The van der Waals surface area contributed by atoms with Crippen molar-refractivity contribution in [2.45, 2.75) is 38.8 Å². The number of carbonyl (C=O) groups excluding carboxylic acids is 1. The van der Waals surface area contributed by atoms with Crippen LogP contribution in [0.15, 0.2) is 42.7 Å². The fourth-order valence-electron chi connectivity index (χ4n) is 4.47. The molecule has 2 aliphatic heterocycles. The number of aromatic nitrogens is 1. The fourth-order valence-corrected chi connectivity index (χ4v) is 4.47. The Morgan fingerprint density at radius 3 is 1.95 bits per heavy atom. The number of aryl methyl sites for hydroxylation is 2. The molecule has 226 valence electrons. The zero-order chi connectivity index (χ0) is 31.0. The zero-order valence-corrected chi connectivity index (χ0v) is 22.0. The lowest BCUT2D eigenvalue weighted by Crippen LogP contribution is -2.34. The number of hydrogen-bond donors (Lipinski definition) is 3. The second-order valence-electron chi connectivity index (χ2n) is 9.54. The first-order chi connectivity index (χ1) is 19.0. The number of nitrogens with zero attached hydrogens (tertiary/aromatic N) is 2. The minimum Gasteiger partial charge on any atom is -0.475 e. The molecule has 2 saturated heterocycles. The molecule has 0 aliphatic carbocycles. The Kier molecular flexibility index (Phi) is 11.6. The van der Waals surface area contributed by atoms with E-state index in [1.807, 2.05) is 0 Å². The summed E-state index contributed by atoms with van der Waals surface area (Å²) in [6.07, 6.45) is -6.59. The molecule has 2 aromatic rings. The van der Waals surface area contributed by atoms with E-state index in [1.165, 1.54) is 16.7 Å². The third-order valence-corrected chi connectivity index (χ3v) is 6.15. The normalized spacial score (nSPS) is 20.1. The van der Waals surface area contributed by atoms with Gasteiger partial charge < -0.3 is 20.3 Å². The largest absolute Gasteiger partial charge is 0.490 e. The van der Waals surface area contributed by atoms with E-state index in [-0.39, 0.29) is 5.91 Å². The van der Waals surface area contributed by atoms with Crippen molar-refractivity contribution in [2.75, 3.05) is 26.2 Å². The molecule has 3 N–H and O–H groups in total. The van der Waals surface area contributed by atoms with Crippen molar-refractivity contribution in [2.24, 2.45) is 11.8 Å². The van der Waals surface area contributed by atoms with Gasteiger partial charge in [0.2, 0.25) is 0 Å². The molecule has 0 radical (unpaired) electrons. The Morgan fingerprint density at radius 1 is 0.951 bits per heavy atom. The van der Waals surface area contributed by atoms with Crippen molar-refractivity contribution in [1.82, 2.24) is 15.2 Å². The van der Waals surface area contributed by atoms with E-state index in [1.54, 1.807) is 24.5 Å². The Morgan fingerprint density at radius 2 is 1.46 bits per heavy atom. The third kappa shape index (κ3) is 11.0. The number of fused-ring (bicyclic) bond motifs is 1. The van der Waals surface area contributed by atoms with Crippen molar-refractivity contribution in [1.29, 1.82) is 0 Å². The van der Waals surface area contributed by atoms with Crippen LogP contribution in [0.4, 0.5) is 26.3 Å². The molecule has 1 aromatic carbocycles. The Hall–Kier alpha value is -3.72. The number of alkyl halides is 6. The average molecular weight is 594 g/mol. The van der Waals surface area contributed by atoms with Gasteiger partial charge in [0.1, 0.15) is 0 Å². The summed E-state index contributed by atoms with van der Waals surface area (Å²) in [4.78, 5) is 36.5. The lowest BCUT2D eigenvalue weighted by atomic mass is 9.93. The van der Waals surface area contributed by atoms with Gasteiger partial charge in [-0.15, -0.1) is 0 Å². The lowest BCUT2D eigenvalue weighted by molar-refractivity contribution is -0.193. The number of carbonyl (C=O) groups is 3. The van der Waals surface area contributed by atoms with E-state index in [2.05, 4.69) is 47.2 Å². The van der Waals surface area contributed by atoms with Crippen molar-refractivity contribution >= 4 is 17.8 Å². The number of pyridine rings is 1. The Labute approximate surface area is 231 Å². The standard InChI is InChI=1S/C22H27N3O2.2C2HF3O2/c1-15-7-16(2)9-17(8-15)11-25-12-20-19(14-27-21(20)13-25)10-24-22(26)18-3-5-23-6-4-18;2*3-2(4,5)1(6)7/h3-9,19-21H,10-14H2,1-2H3,(H,24,26);2*(H,6,7)/t19-,20+,21+;;/m0../s1. The highest BCUT2D eigenvalue weighted by atomic mass is 19.4. The van der Waals surface area contributed by atoms with E-state index in [0.29, 0.717) is 30.0 Å². The van der Waals surface area contributed by atoms with Gasteiger partial charge in [-0.25, -0.2) is 9.59 Å². The SMILES string of the molecule is Cc1cc(C)cc(CN2C[C@@H]3[C@@H](CNC(=O)c4ccncc4)CO[C@@H]3C2)c1.O=C(O)C(F)(F)F.O=C(O)C(F)(F)F. The van der Waals surface area contributed by atoms with Crippen LogP contribution in [0, 0.1) is 25.7 Å². The van der Waals surface area contributed by atoms with Crippen LogP contribution in [-0.4, -0.2) is 82.6 Å². The summed E-state index contributed by atoms with van der Waals surface area (Å²) in [5.41, 5.74) is 4.66. The highest BCUT2D eigenvalue weighted by molar-refractivity contribution is 5.93. The van der Waals surface area contributed by atoms with Crippen molar-refractivity contribution in [3.8, 4) is 0 Å². The summed E-state index contributed by atoms with van der Waals surface area (Å²) in [6, 6.07) is 10.2. The number of aliphatic carboxylic acids is 2. The first-order valence-corrected chi connectivity index (χ1v) is 12.2. The maximum atomic E-state index is 12.3. The van der Waals surface area contributed by atoms with Gasteiger partial charge in [-0.1, -0.05) is 29.3 Å². The number of ether oxygens (including phenoxy) is 1. The Balaban J connectivity index is 0.000000349. The molecule has 3 heterocycles. The maximum absolute atomic E-state index is 12.3. The number of likely N-dealkylation sites (tertiary alicyclic amines) is 1. The summed E-state index contributed by atoms with van der Waals surface area (Å²) >= 11 is 0. The molecule has 3 atom stereocenters. The van der Waals surface area contributed by atoms with Gasteiger partial charge in [0.15, 0.2) is 0 Å². The molecule has 9 nitrogen and oxygen atoms in total. The maximum Gasteiger partial charge on any atom is 0.490 e. The van der Waals surface area contributed by atoms with Gasteiger partial charge in [0.25, 0.3) is 5.91 Å². The number of carboxylic acid groups (broad SMARTS) is 2. The Bertz CT molecular complexity index is 1150. The zero-order valence-electron chi connectivity index (χ0n) is 22.0. The minimum absolute atomic E-state index is 0.0362. The van der Waals surface area contributed by atoms with Crippen LogP contribution in [0.3, 0.4) is 0 Å². The molecule has 0 spiro atoms. The van der Waals surface area contributed by atoms with Gasteiger partial charge in [0, 0.05) is 56.0 Å². The van der Waals surface area contributed by atoms with Gasteiger partial charge in [-0.2, -0.15) is 26.3 Å². The topological polar surface area (TPSA) is 129 Å². The lowest BCUT2D eigenvalue weighted by Gasteiger charge is -2.20. The van der Waals surface area contributed by atoms with Gasteiger partial charge in [-0.05, 0) is 31.5 Å². The number of rotatable bonds is 5. The van der Waals surface area contributed by atoms with Crippen LogP contribution in [0.2, 0.25) is 0 Å². The summed E-state index contributed by atoms with van der Waals surface area (Å²) in [7, 11) is 0. The second kappa shape index (κ2) is 14.3. The van der Waals surface area contributed by atoms with E-state index in [4.69, 9.17) is 24.5 Å². The van der Waals surface area contributed by atoms with E-state index < -0.39 is 24.3 Å². The van der Waals surface area contributed by atoms with Crippen LogP contribution in [0.5, 0.6) is 0 Å². The predicted octanol–water partition coefficient (Wildman–Crippen LogP) is 3.84. The van der Waals surface area contributed by atoms with Crippen molar-refractivity contribution in [3.63, 3.8) is 0 Å². The second-order valence-corrected chi connectivity index (χ2v) is 9.54. The molecular formula is C26H29F6N3O6. The molecule has 2 fully saturated rings. The van der Waals surface area contributed by atoms with Crippen LogP contribution in [0.1, 0.15) is 27.0 Å². The van der Waals surface area contributed by atoms with Crippen LogP contribution < -0.4 is 5.32 Å². The highest BCUT2D eigenvalue weighted by Crippen LogP contribution is 2.34. The van der Waals surface area contributed by atoms with Crippen LogP contribution in [-0.2, 0) is 20.9 Å². The third-order valence-electron chi connectivity index (χ3n) is 6.15. The molecule has 1 amide bonds. The van der Waals surface area contributed by atoms with E-state index >= 15 is 0 Å². The smallest absolute Gasteiger partial charge is 0.475 e. The van der Waals surface area contributed by atoms with Gasteiger partial charge >= 0.3 is 24.3 Å². The highest BCUT2D eigenvalue weighted by Gasteiger charge is 2.43. The van der Waals surface area contributed by atoms with Crippen LogP contribution in [0.25, 0.3) is 0 Å². The molecule has 41 heavy (non-hydrogen) atoms. The van der Waals surface area contributed by atoms with E-state index in [0.717, 1.165) is 26.2 Å². The summed E-state index contributed by atoms with van der Waals surface area (Å²) in [5, 5.41) is 17.3. The number of carboxylic acids is 2. The number of nitrogens with one attached hydrogen (secondary N) is 1. The average Bonchev–Trinajstić information content (AvgIpc) is 3.42. The fraction of sp³-hybridized carbons (Fsp3) is 0.462. The van der Waals surface area contributed by atoms with E-state index in [9.17, 15) is 31.1 Å². The van der Waals surface area contributed by atoms with Gasteiger partial charge in [0.05, 0.1) is 12.7 Å². The first kappa shape index (κ1) is 33.5. The number of amides is 1. The molecule has 2 aliphatic rings. The number of benzene rings is 1. The first-order valence-electron chi connectivity index (χ1n) is 12.2. The summed E-state index contributed by atoms with van der Waals surface area (Å²) in [5.74, 6) is -4.68. The summed E-state index contributed by atoms with van der Waals surface area (Å²) in [6.45, 7) is 8.69. The quantitative estimate of drug-likeness (QED) is 0.447. The predicted molar refractivity (Wildman–Crippen MR) is 132 cm³/mol. The van der Waals surface area contributed by atoms with Crippen molar-refractivity contribution < 1.29 is 55.7 Å². The summed E-state index contributed by atoms with van der Waals surface area (Å²) < 4.78 is 69.5. The molecular weight excluding hydrogens is 564 g/mol. The molecule has 1 aromatic heterocycles. The molecule has 0 unspecified atom stereocenters. The number of hydrogen-bond acceptors (Lipinski definition) is 6. The number of halogens is 6. The molecule has 4 rings (SSSR count). The molecule has 0 saturated carbocycles.